The van der Waals surface area contributed by atoms with Gasteiger partial charge in [0.2, 0.25) is 0 Å². The molecule has 0 radical (unpaired) electrons. The normalized spacial score (nSPS) is 9.78. The summed E-state index contributed by atoms with van der Waals surface area (Å²) in [4.78, 5) is 36.0. The van der Waals surface area contributed by atoms with E-state index in [9.17, 15) is 19.7 Å². The van der Waals surface area contributed by atoms with Gasteiger partial charge in [-0.1, -0.05) is 29.4 Å². The van der Waals surface area contributed by atoms with E-state index in [1.165, 1.54) is 24.3 Å². The third-order valence-corrected chi connectivity index (χ3v) is 3.51. The van der Waals surface area contributed by atoms with Gasteiger partial charge >= 0.3 is 6.09 Å². The number of nitrogens with zero attached hydrogens (tertiary/aromatic N) is 4. The maximum absolute atomic E-state index is 11.7. The lowest BCUT2D eigenvalue weighted by molar-refractivity contribution is -0.384. The Balaban J connectivity index is 1.78. The number of carbonyl (C=O) groups excluding carboxylic acids is 2. The fourth-order valence-corrected chi connectivity index (χ4v) is 2.08. The topological polar surface area (TPSA) is 147 Å². The van der Waals surface area contributed by atoms with Crippen LogP contribution in [0.25, 0.3) is 10.4 Å². The number of ether oxygens (including phenoxy) is 1. The van der Waals surface area contributed by atoms with Crippen molar-refractivity contribution in [2.75, 3.05) is 6.54 Å². The van der Waals surface area contributed by atoms with E-state index in [1.54, 1.807) is 24.3 Å². The molecule has 0 aliphatic rings. The third-order valence-electron chi connectivity index (χ3n) is 3.51. The molecule has 0 aromatic heterocycles. The molecule has 0 unspecified atom stereocenters. The van der Waals surface area contributed by atoms with E-state index in [4.69, 9.17) is 10.3 Å². The lowest BCUT2D eigenvalue weighted by Gasteiger charge is -2.08. The van der Waals surface area contributed by atoms with Crippen molar-refractivity contribution in [3.63, 3.8) is 0 Å². The number of hydrogen-bond donors (Lipinski definition) is 1. The molecule has 1 N–H and O–H groups in total. The number of benzene rings is 2. The molecule has 1 amide bonds. The molecule has 2 aromatic rings. The monoisotopic (exact) mass is 369 g/mol. The summed E-state index contributed by atoms with van der Waals surface area (Å²) in [6.45, 7) is -0.0658. The van der Waals surface area contributed by atoms with E-state index in [0.29, 0.717) is 11.1 Å². The van der Waals surface area contributed by atoms with Gasteiger partial charge in [0.1, 0.15) is 6.61 Å². The van der Waals surface area contributed by atoms with Crippen molar-refractivity contribution in [2.45, 2.75) is 13.2 Å². The van der Waals surface area contributed by atoms with Crippen LogP contribution >= 0.6 is 0 Å². The maximum atomic E-state index is 11.7. The molecule has 10 nitrogen and oxygen atoms in total. The molecule has 10 heteroatoms. The van der Waals surface area contributed by atoms with Crippen LogP contribution in [-0.4, -0.2) is 23.3 Å². The molecule has 0 atom stereocenters. The van der Waals surface area contributed by atoms with Gasteiger partial charge in [0, 0.05) is 29.2 Å². The largest absolute Gasteiger partial charge is 0.445 e. The van der Waals surface area contributed by atoms with Crippen LogP contribution in [0.1, 0.15) is 21.5 Å². The third kappa shape index (κ3) is 6.15. The zero-order chi connectivity index (χ0) is 19.6. The molecular weight excluding hydrogens is 354 g/mol. The van der Waals surface area contributed by atoms with Gasteiger partial charge in [-0.05, 0) is 28.8 Å². The second-order valence-electron chi connectivity index (χ2n) is 5.36. The number of nitro groups is 1. The Bertz CT molecular complexity index is 874. The Morgan fingerprint density at radius 3 is 2.33 bits per heavy atom. The van der Waals surface area contributed by atoms with Gasteiger partial charge in [-0.15, -0.1) is 0 Å². The highest BCUT2D eigenvalue weighted by Crippen LogP contribution is 2.12. The van der Waals surface area contributed by atoms with Crippen LogP contribution in [0.3, 0.4) is 0 Å². The molecule has 0 aliphatic carbocycles. The SMILES string of the molecule is [N-]=[N+]=NCC(=O)c1ccc(CNC(=O)OCc2ccc([N+](=O)[O-])cc2)cc1. The van der Waals surface area contributed by atoms with Crippen LogP contribution in [-0.2, 0) is 17.9 Å². The summed E-state index contributed by atoms with van der Waals surface area (Å²) < 4.78 is 5.04. The highest BCUT2D eigenvalue weighted by atomic mass is 16.6. The van der Waals surface area contributed by atoms with Crippen molar-refractivity contribution in [1.29, 1.82) is 0 Å². The van der Waals surface area contributed by atoms with Crippen LogP contribution in [0, 0.1) is 10.1 Å². The first-order chi connectivity index (χ1) is 13.0. The fourth-order valence-electron chi connectivity index (χ4n) is 2.08. The lowest BCUT2D eigenvalue weighted by Crippen LogP contribution is -2.23. The number of alkyl carbamates (subject to hydrolysis) is 1. The van der Waals surface area contributed by atoms with Gasteiger partial charge in [0.15, 0.2) is 5.78 Å². The van der Waals surface area contributed by atoms with E-state index in [1.807, 2.05) is 0 Å². The summed E-state index contributed by atoms with van der Waals surface area (Å²) in [5.74, 6) is -0.296. The molecule has 0 saturated carbocycles. The van der Waals surface area contributed by atoms with E-state index >= 15 is 0 Å². The number of rotatable bonds is 8. The molecule has 0 bridgehead atoms. The molecule has 2 aromatic carbocycles. The zero-order valence-corrected chi connectivity index (χ0v) is 14.1. The van der Waals surface area contributed by atoms with E-state index in [-0.39, 0.29) is 31.2 Å². The molecule has 2 rings (SSSR count). The predicted octanol–water partition coefficient (Wildman–Crippen LogP) is 3.51. The second kappa shape index (κ2) is 9.54. The highest BCUT2D eigenvalue weighted by molar-refractivity contribution is 5.97. The number of non-ortho nitro benzene ring substituents is 1. The van der Waals surface area contributed by atoms with Gasteiger partial charge in [-0.3, -0.25) is 14.9 Å². The number of hydrogen-bond acceptors (Lipinski definition) is 6. The molecule has 0 aliphatic heterocycles. The van der Waals surface area contributed by atoms with Gasteiger partial charge in [-0.25, -0.2) is 4.79 Å². The van der Waals surface area contributed by atoms with E-state index in [0.717, 1.165) is 5.56 Å². The predicted molar refractivity (Wildman–Crippen MR) is 94.9 cm³/mol. The van der Waals surface area contributed by atoms with Crippen molar-refractivity contribution in [1.82, 2.24) is 5.32 Å². The second-order valence-corrected chi connectivity index (χ2v) is 5.36. The van der Waals surface area contributed by atoms with Crippen molar-refractivity contribution in [3.8, 4) is 0 Å². The standard InChI is InChI=1S/C17H15N5O5/c18-21-20-10-16(23)14-5-1-12(2-6-14)9-19-17(24)27-11-13-3-7-15(8-4-13)22(25)26/h1-8H,9-11H2,(H,19,24). The molecule has 0 heterocycles. The zero-order valence-electron chi connectivity index (χ0n) is 14.1. The molecular formula is C17H15N5O5. The Labute approximate surface area is 153 Å². The molecule has 0 fully saturated rings. The summed E-state index contributed by atoms with van der Waals surface area (Å²) in [5.41, 5.74) is 9.95. The minimum Gasteiger partial charge on any atom is -0.445 e. The summed E-state index contributed by atoms with van der Waals surface area (Å²) >= 11 is 0. The van der Waals surface area contributed by atoms with Gasteiger partial charge < -0.3 is 10.1 Å². The fraction of sp³-hybridized carbons (Fsp3) is 0.176. The van der Waals surface area contributed by atoms with E-state index in [2.05, 4.69) is 15.3 Å². The molecule has 0 spiro atoms. The van der Waals surface area contributed by atoms with Gasteiger partial charge in [0.25, 0.3) is 5.69 Å². The van der Waals surface area contributed by atoms with Crippen molar-refractivity contribution in [3.05, 3.63) is 85.8 Å². The van der Waals surface area contributed by atoms with Crippen LogP contribution in [0.2, 0.25) is 0 Å². The molecule has 0 saturated heterocycles. The number of amides is 1. The number of Topliss-reactive ketones (excluding diaryl/α,β-unsaturated/α-hetero) is 1. The van der Waals surface area contributed by atoms with E-state index < -0.39 is 11.0 Å². The quantitative estimate of drug-likeness (QED) is 0.189. The minimum atomic E-state index is -0.642. The Kier molecular flexibility index (Phi) is 6.86. The average molecular weight is 369 g/mol. The minimum absolute atomic E-state index is 0.0172. The highest BCUT2D eigenvalue weighted by Gasteiger charge is 2.07. The first kappa shape index (κ1) is 19.4. The molecule has 138 valence electrons. The first-order valence-corrected chi connectivity index (χ1v) is 7.76. The lowest BCUT2D eigenvalue weighted by atomic mass is 10.1. The van der Waals surface area contributed by atoms with Crippen molar-refractivity contribution < 1.29 is 19.2 Å². The molecule has 27 heavy (non-hydrogen) atoms. The van der Waals surface area contributed by atoms with Crippen molar-refractivity contribution in [2.24, 2.45) is 5.11 Å². The van der Waals surface area contributed by atoms with Crippen molar-refractivity contribution >= 4 is 17.6 Å². The number of nitro benzene ring substituents is 1. The average Bonchev–Trinajstić information content (AvgIpc) is 2.69. The maximum Gasteiger partial charge on any atom is 0.407 e. The Morgan fingerprint density at radius 2 is 1.74 bits per heavy atom. The van der Waals surface area contributed by atoms with Gasteiger partial charge in [0.05, 0.1) is 11.5 Å². The summed E-state index contributed by atoms with van der Waals surface area (Å²) in [6.07, 6.45) is -0.642. The van der Waals surface area contributed by atoms with Crippen LogP contribution in [0.15, 0.2) is 53.6 Å². The number of azide groups is 1. The Morgan fingerprint density at radius 1 is 1.11 bits per heavy atom. The van der Waals surface area contributed by atoms with Crippen LogP contribution in [0.4, 0.5) is 10.5 Å². The number of carbonyl (C=O) groups is 2. The summed E-state index contributed by atoms with van der Waals surface area (Å²) in [6, 6.07) is 12.2. The summed E-state index contributed by atoms with van der Waals surface area (Å²) in [7, 11) is 0. The number of ketones is 1. The Hall–Kier alpha value is -3.91. The van der Waals surface area contributed by atoms with Crippen LogP contribution in [0.5, 0.6) is 0 Å². The summed E-state index contributed by atoms with van der Waals surface area (Å²) in [5, 5.41) is 16.3. The number of nitrogens with one attached hydrogen (secondary N) is 1. The van der Waals surface area contributed by atoms with Crippen LogP contribution < -0.4 is 5.32 Å². The van der Waals surface area contributed by atoms with Gasteiger partial charge in [-0.2, -0.15) is 0 Å². The first-order valence-electron chi connectivity index (χ1n) is 7.76. The smallest absolute Gasteiger partial charge is 0.407 e.